The molecule has 3 aromatic rings. The smallest absolute Gasteiger partial charge is 0.257 e. The van der Waals surface area contributed by atoms with Gasteiger partial charge in [0.25, 0.3) is 5.91 Å². The number of aromatic nitrogens is 1. The average molecular weight is 323 g/mol. The Balaban J connectivity index is 1.90. The molecule has 3 rings (SSSR count). The summed E-state index contributed by atoms with van der Waals surface area (Å²) in [5.41, 5.74) is 1.38. The number of carbonyl (C=O) groups is 2. The summed E-state index contributed by atoms with van der Waals surface area (Å²) in [4.78, 5) is 27.8. The molecule has 0 atom stereocenters. The summed E-state index contributed by atoms with van der Waals surface area (Å²) < 4.78 is 13.7. The second-order valence-electron chi connectivity index (χ2n) is 5.21. The molecular formula is C18H14FN3O2. The van der Waals surface area contributed by atoms with Crippen LogP contribution in [0.25, 0.3) is 10.9 Å². The Hall–Kier alpha value is -3.28. The maximum Gasteiger partial charge on any atom is 0.257 e. The van der Waals surface area contributed by atoms with Crippen LogP contribution in [0.4, 0.5) is 15.8 Å². The van der Waals surface area contributed by atoms with Crippen LogP contribution in [-0.4, -0.2) is 16.8 Å². The van der Waals surface area contributed by atoms with Crippen LogP contribution in [0, 0.1) is 5.82 Å². The van der Waals surface area contributed by atoms with Crippen LogP contribution in [0.3, 0.4) is 0 Å². The van der Waals surface area contributed by atoms with Gasteiger partial charge in [0, 0.05) is 24.2 Å². The molecule has 6 heteroatoms. The van der Waals surface area contributed by atoms with E-state index in [2.05, 4.69) is 15.6 Å². The molecule has 0 fully saturated rings. The van der Waals surface area contributed by atoms with Crippen molar-refractivity contribution in [1.29, 1.82) is 0 Å². The quantitative estimate of drug-likeness (QED) is 0.774. The summed E-state index contributed by atoms with van der Waals surface area (Å²) in [5, 5.41) is 5.92. The first-order valence-corrected chi connectivity index (χ1v) is 7.27. The molecule has 1 aromatic heterocycles. The van der Waals surface area contributed by atoms with E-state index < -0.39 is 11.7 Å². The topological polar surface area (TPSA) is 71.1 Å². The number of nitrogens with zero attached hydrogens (tertiary/aromatic N) is 1. The normalized spacial score (nSPS) is 10.4. The van der Waals surface area contributed by atoms with Gasteiger partial charge >= 0.3 is 0 Å². The van der Waals surface area contributed by atoms with Crippen LogP contribution in [-0.2, 0) is 4.79 Å². The zero-order chi connectivity index (χ0) is 17.1. The van der Waals surface area contributed by atoms with Gasteiger partial charge in [-0.1, -0.05) is 18.2 Å². The zero-order valence-electron chi connectivity index (χ0n) is 12.8. The van der Waals surface area contributed by atoms with Crippen molar-refractivity contribution in [1.82, 2.24) is 4.98 Å². The van der Waals surface area contributed by atoms with Crippen molar-refractivity contribution in [2.75, 3.05) is 10.6 Å². The Morgan fingerprint density at radius 3 is 2.62 bits per heavy atom. The number of hydrogen-bond donors (Lipinski definition) is 2. The van der Waals surface area contributed by atoms with Crippen molar-refractivity contribution in [2.24, 2.45) is 0 Å². The second-order valence-corrected chi connectivity index (χ2v) is 5.21. The second kappa shape index (κ2) is 6.45. The molecule has 5 nitrogen and oxygen atoms in total. The fourth-order valence-corrected chi connectivity index (χ4v) is 2.37. The minimum absolute atomic E-state index is 0.0105. The first kappa shape index (κ1) is 15.6. The molecule has 0 unspecified atom stereocenters. The van der Waals surface area contributed by atoms with E-state index in [1.807, 2.05) is 12.1 Å². The lowest BCUT2D eigenvalue weighted by molar-refractivity contribution is -0.114. The van der Waals surface area contributed by atoms with Gasteiger partial charge in [0.1, 0.15) is 5.82 Å². The first-order valence-electron chi connectivity index (χ1n) is 7.27. The fourth-order valence-electron chi connectivity index (χ4n) is 2.37. The van der Waals surface area contributed by atoms with E-state index in [0.717, 1.165) is 5.39 Å². The van der Waals surface area contributed by atoms with Gasteiger partial charge < -0.3 is 10.6 Å². The van der Waals surface area contributed by atoms with Crippen molar-refractivity contribution >= 4 is 34.1 Å². The van der Waals surface area contributed by atoms with Gasteiger partial charge in [-0.25, -0.2) is 4.39 Å². The van der Waals surface area contributed by atoms with Crippen molar-refractivity contribution in [3.05, 3.63) is 66.1 Å². The molecular weight excluding hydrogens is 309 g/mol. The van der Waals surface area contributed by atoms with Gasteiger partial charge in [-0.2, -0.15) is 0 Å². The molecule has 1 heterocycles. The summed E-state index contributed by atoms with van der Waals surface area (Å²) in [6.07, 6.45) is 1.62. The van der Waals surface area contributed by atoms with Gasteiger partial charge in [-0.05, 0) is 30.3 Å². The molecule has 0 aliphatic carbocycles. The van der Waals surface area contributed by atoms with E-state index in [1.54, 1.807) is 24.4 Å². The number of pyridine rings is 1. The number of carbonyl (C=O) groups excluding carboxylic acids is 2. The molecule has 0 radical (unpaired) electrons. The van der Waals surface area contributed by atoms with Crippen LogP contribution in [0.5, 0.6) is 0 Å². The highest BCUT2D eigenvalue weighted by atomic mass is 19.1. The Morgan fingerprint density at radius 2 is 1.83 bits per heavy atom. The summed E-state index contributed by atoms with van der Waals surface area (Å²) in [6.45, 7) is 1.28. The predicted molar refractivity (Wildman–Crippen MR) is 90.4 cm³/mol. The molecule has 0 aliphatic heterocycles. The summed E-state index contributed by atoms with van der Waals surface area (Å²) in [5.74, 6) is -1.33. The molecule has 0 aliphatic rings. The van der Waals surface area contributed by atoms with E-state index in [4.69, 9.17) is 0 Å². The largest absolute Gasteiger partial charge is 0.324 e. The van der Waals surface area contributed by atoms with E-state index in [9.17, 15) is 14.0 Å². The lowest BCUT2D eigenvalue weighted by atomic mass is 10.1. The number of benzene rings is 2. The fraction of sp³-hybridized carbons (Fsp3) is 0.0556. The molecule has 120 valence electrons. The van der Waals surface area contributed by atoms with Crippen molar-refractivity contribution in [3.8, 4) is 0 Å². The van der Waals surface area contributed by atoms with Gasteiger partial charge in [0.05, 0.1) is 16.8 Å². The number of hydrogen-bond acceptors (Lipinski definition) is 3. The monoisotopic (exact) mass is 323 g/mol. The number of nitrogens with one attached hydrogen (secondary N) is 2. The minimum atomic E-state index is -0.574. The maximum atomic E-state index is 13.7. The molecule has 24 heavy (non-hydrogen) atoms. The highest BCUT2D eigenvalue weighted by Crippen LogP contribution is 2.22. The number of para-hydroxylation sites is 1. The highest BCUT2D eigenvalue weighted by Gasteiger charge is 2.12. The molecule has 2 amide bonds. The zero-order valence-corrected chi connectivity index (χ0v) is 12.8. The Labute approximate surface area is 137 Å². The molecule has 0 saturated carbocycles. The predicted octanol–water partition coefficient (Wildman–Crippen LogP) is 3.58. The number of rotatable bonds is 3. The van der Waals surface area contributed by atoms with E-state index in [-0.39, 0.29) is 11.6 Å². The summed E-state index contributed by atoms with van der Waals surface area (Å²) in [6, 6.07) is 12.9. The SMILES string of the molecule is CC(=O)Nc1cc(NC(=O)c2cccc3cccnc23)ccc1F. The molecule has 2 N–H and O–H groups in total. The van der Waals surface area contributed by atoms with Gasteiger partial charge in [0.15, 0.2) is 0 Å². The van der Waals surface area contributed by atoms with Gasteiger partial charge in [-0.15, -0.1) is 0 Å². The third-order valence-electron chi connectivity index (χ3n) is 3.41. The van der Waals surface area contributed by atoms with E-state index >= 15 is 0 Å². The van der Waals surface area contributed by atoms with Gasteiger partial charge in [-0.3, -0.25) is 14.6 Å². The Kier molecular flexibility index (Phi) is 4.20. The standard InChI is InChI=1S/C18H14FN3O2/c1-11(23)21-16-10-13(7-8-15(16)19)22-18(24)14-6-2-4-12-5-3-9-20-17(12)14/h2-10H,1H3,(H,21,23)(H,22,24). The number of anilines is 2. The molecule has 2 aromatic carbocycles. The molecule has 0 saturated heterocycles. The number of amides is 2. The Morgan fingerprint density at radius 1 is 1.04 bits per heavy atom. The van der Waals surface area contributed by atoms with Crippen LogP contribution in [0.15, 0.2) is 54.7 Å². The summed E-state index contributed by atoms with van der Waals surface area (Å²) >= 11 is 0. The Bertz CT molecular complexity index is 935. The lowest BCUT2D eigenvalue weighted by Crippen LogP contribution is -2.14. The maximum absolute atomic E-state index is 13.7. The van der Waals surface area contributed by atoms with Crippen molar-refractivity contribution in [3.63, 3.8) is 0 Å². The number of halogens is 1. The highest BCUT2D eigenvalue weighted by molar-refractivity contribution is 6.12. The van der Waals surface area contributed by atoms with E-state index in [0.29, 0.717) is 16.8 Å². The third-order valence-corrected chi connectivity index (χ3v) is 3.41. The number of fused-ring (bicyclic) bond motifs is 1. The van der Waals surface area contributed by atoms with Crippen LogP contribution >= 0.6 is 0 Å². The van der Waals surface area contributed by atoms with Gasteiger partial charge in [0.2, 0.25) is 5.91 Å². The van der Waals surface area contributed by atoms with Crippen molar-refractivity contribution in [2.45, 2.75) is 6.92 Å². The minimum Gasteiger partial charge on any atom is -0.324 e. The van der Waals surface area contributed by atoms with E-state index in [1.165, 1.54) is 25.1 Å². The molecule has 0 bridgehead atoms. The summed E-state index contributed by atoms with van der Waals surface area (Å²) in [7, 11) is 0. The molecule has 0 spiro atoms. The van der Waals surface area contributed by atoms with Crippen molar-refractivity contribution < 1.29 is 14.0 Å². The van der Waals surface area contributed by atoms with Crippen LogP contribution in [0.2, 0.25) is 0 Å². The third kappa shape index (κ3) is 3.22. The average Bonchev–Trinajstić information content (AvgIpc) is 2.57. The van der Waals surface area contributed by atoms with Crippen LogP contribution in [0.1, 0.15) is 17.3 Å². The van der Waals surface area contributed by atoms with Crippen LogP contribution < -0.4 is 10.6 Å². The first-order chi connectivity index (χ1) is 11.5. The lowest BCUT2D eigenvalue weighted by Gasteiger charge is -2.10.